The fourth-order valence-electron chi connectivity index (χ4n) is 1.57. The zero-order valence-corrected chi connectivity index (χ0v) is 8.14. The van der Waals surface area contributed by atoms with Gasteiger partial charge in [-0.2, -0.15) is 0 Å². The molecule has 1 aromatic heterocycles. The first kappa shape index (κ1) is 8.84. The molecule has 0 unspecified atom stereocenters. The zero-order valence-electron chi connectivity index (χ0n) is 7.32. The maximum atomic E-state index is 11.7. The molecule has 0 aromatic carbocycles. The summed E-state index contributed by atoms with van der Waals surface area (Å²) in [5.74, 6) is 0.162. The second kappa shape index (κ2) is 3.98. The molecule has 0 spiro atoms. The summed E-state index contributed by atoms with van der Waals surface area (Å²) in [5.41, 5.74) is 0. The van der Waals surface area contributed by atoms with Crippen LogP contribution < -0.4 is 5.32 Å². The normalized spacial score (nSPS) is 22.9. The minimum absolute atomic E-state index is 0.0138. The summed E-state index contributed by atoms with van der Waals surface area (Å²) >= 11 is 1.42. The van der Waals surface area contributed by atoms with Gasteiger partial charge in [-0.15, -0.1) is 11.3 Å². The van der Waals surface area contributed by atoms with E-state index in [0.717, 1.165) is 19.4 Å². The molecule has 0 amide bonds. The van der Waals surface area contributed by atoms with Crippen LogP contribution in [0.15, 0.2) is 11.6 Å². The number of piperidine rings is 1. The number of aromatic nitrogens is 1. The first-order chi connectivity index (χ1) is 6.38. The molecule has 0 bridgehead atoms. The molecule has 70 valence electrons. The highest BCUT2D eigenvalue weighted by molar-refractivity contribution is 7.11. The van der Waals surface area contributed by atoms with Crippen molar-refractivity contribution in [2.45, 2.75) is 25.3 Å². The Morgan fingerprint density at radius 3 is 3.15 bits per heavy atom. The van der Waals surface area contributed by atoms with Gasteiger partial charge < -0.3 is 5.32 Å². The van der Waals surface area contributed by atoms with E-state index >= 15 is 0 Å². The minimum Gasteiger partial charge on any atom is -0.307 e. The van der Waals surface area contributed by atoms with E-state index in [1.54, 1.807) is 6.20 Å². The van der Waals surface area contributed by atoms with Gasteiger partial charge in [0.2, 0.25) is 5.78 Å². The van der Waals surface area contributed by atoms with Gasteiger partial charge in [0.15, 0.2) is 5.01 Å². The molecule has 0 radical (unpaired) electrons. The number of thiazole rings is 1. The van der Waals surface area contributed by atoms with Gasteiger partial charge in [0.1, 0.15) is 0 Å². The van der Waals surface area contributed by atoms with Crippen LogP contribution in [0, 0.1) is 0 Å². The number of Topliss-reactive ketones (excluding diaryl/α,β-unsaturated/α-hetero) is 1. The summed E-state index contributed by atoms with van der Waals surface area (Å²) in [6, 6.07) is 0.0138. The number of hydrogen-bond acceptors (Lipinski definition) is 4. The third kappa shape index (κ3) is 1.95. The Kier molecular flexibility index (Phi) is 2.71. The minimum atomic E-state index is 0.0138. The quantitative estimate of drug-likeness (QED) is 0.728. The highest BCUT2D eigenvalue weighted by Gasteiger charge is 2.23. The molecule has 1 aliphatic heterocycles. The van der Waals surface area contributed by atoms with Crippen LogP contribution in [0.2, 0.25) is 0 Å². The second-order valence-corrected chi connectivity index (χ2v) is 4.10. The summed E-state index contributed by atoms with van der Waals surface area (Å²) < 4.78 is 0. The lowest BCUT2D eigenvalue weighted by Gasteiger charge is -2.20. The Bertz CT molecular complexity index is 278. The Morgan fingerprint density at radius 2 is 2.54 bits per heavy atom. The van der Waals surface area contributed by atoms with Crippen molar-refractivity contribution in [3.63, 3.8) is 0 Å². The molecular formula is C9H12N2OS. The fraction of sp³-hybridized carbons (Fsp3) is 0.556. The van der Waals surface area contributed by atoms with Gasteiger partial charge in [-0.1, -0.05) is 6.42 Å². The van der Waals surface area contributed by atoms with Crippen LogP contribution in [0.5, 0.6) is 0 Å². The van der Waals surface area contributed by atoms with Gasteiger partial charge in [0, 0.05) is 11.6 Å². The summed E-state index contributed by atoms with van der Waals surface area (Å²) in [7, 11) is 0. The molecule has 3 nitrogen and oxygen atoms in total. The molecule has 2 rings (SSSR count). The van der Waals surface area contributed by atoms with E-state index in [1.807, 2.05) is 5.38 Å². The van der Waals surface area contributed by atoms with Gasteiger partial charge in [-0.05, 0) is 19.4 Å². The smallest absolute Gasteiger partial charge is 0.208 e. The monoisotopic (exact) mass is 196 g/mol. The van der Waals surface area contributed by atoms with E-state index in [0.29, 0.717) is 5.01 Å². The Hall–Kier alpha value is -0.740. The number of nitrogens with one attached hydrogen (secondary N) is 1. The van der Waals surface area contributed by atoms with Crippen molar-refractivity contribution in [3.05, 3.63) is 16.6 Å². The number of carbonyl (C=O) groups is 1. The maximum Gasteiger partial charge on any atom is 0.208 e. The van der Waals surface area contributed by atoms with Crippen LogP contribution in [-0.4, -0.2) is 23.4 Å². The first-order valence-corrected chi connectivity index (χ1v) is 5.43. The molecule has 4 heteroatoms. The van der Waals surface area contributed by atoms with Crippen LogP contribution in [0.25, 0.3) is 0 Å². The van der Waals surface area contributed by atoms with Crippen molar-refractivity contribution < 1.29 is 4.79 Å². The molecule has 1 aliphatic rings. The Labute approximate surface area is 81.2 Å². The van der Waals surface area contributed by atoms with Gasteiger partial charge in [-0.25, -0.2) is 4.98 Å². The number of nitrogens with zero attached hydrogens (tertiary/aromatic N) is 1. The van der Waals surface area contributed by atoms with Crippen molar-refractivity contribution in [1.82, 2.24) is 10.3 Å². The Balaban J connectivity index is 2.04. The van der Waals surface area contributed by atoms with Gasteiger partial charge in [0.05, 0.1) is 6.04 Å². The van der Waals surface area contributed by atoms with Crippen molar-refractivity contribution in [1.29, 1.82) is 0 Å². The lowest BCUT2D eigenvalue weighted by molar-refractivity contribution is 0.0927. The SMILES string of the molecule is O=C(c1nccs1)[C@H]1CCCCN1. The molecule has 13 heavy (non-hydrogen) atoms. The van der Waals surface area contributed by atoms with Crippen LogP contribution in [-0.2, 0) is 0 Å². The van der Waals surface area contributed by atoms with E-state index in [1.165, 1.54) is 17.8 Å². The summed E-state index contributed by atoms with van der Waals surface area (Å²) in [6.07, 6.45) is 4.97. The molecule has 0 saturated carbocycles. The van der Waals surface area contributed by atoms with E-state index in [9.17, 15) is 4.79 Å². The van der Waals surface area contributed by atoms with Crippen molar-refractivity contribution in [2.75, 3.05) is 6.54 Å². The third-order valence-electron chi connectivity index (χ3n) is 2.27. The molecule has 1 atom stereocenters. The van der Waals surface area contributed by atoms with Crippen molar-refractivity contribution in [3.8, 4) is 0 Å². The lowest BCUT2D eigenvalue weighted by Crippen LogP contribution is -2.40. The average molecular weight is 196 g/mol. The average Bonchev–Trinajstić information content (AvgIpc) is 2.71. The van der Waals surface area contributed by atoms with Gasteiger partial charge >= 0.3 is 0 Å². The summed E-state index contributed by atoms with van der Waals surface area (Å²) in [4.78, 5) is 15.8. The van der Waals surface area contributed by atoms with Gasteiger partial charge in [0.25, 0.3) is 0 Å². The van der Waals surface area contributed by atoms with E-state index < -0.39 is 0 Å². The standard InChI is InChI=1S/C9H12N2OS/c12-8(9-11-5-6-13-9)7-3-1-2-4-10-7/h5-7,10H,1-4H2/t7-/m1/s1. The predicted octanol–water partition coefficient (Wildman–Crippen LogP) is 1.47. The van der Waals surface area contributed by atoms with E-state index in [2.05, 4.69) is 10.3 Å². The molecule has 1 aromatic rings. The van der Waals surface area contributed by atoms with Gasteiger partial charge in [-0.3, -0.25) is 4.79 Å². The molecule has 1 fully saturated rings. The molecule has 2 heterocycles. The highest BCUT2D eigenvalue weighted by atomic mass is 32.1. The largest absolute Gasteiger partial charge is 0.307 e. The zero-order chi connectivity index (χ0) is 9.10. The molecular weight excluding hydrogens is 184 g/mol. The molecule has 1 N–H and O–H groups in total. The number of carbonyl (C=O) groups excluding carboxylic acids is 1. The maximum absolute atomic E-state index is 11.7. The van der Waals surface area contributed by atoms with E-state index in [-0.39, 0.29) is 11.8 Å². The van der Waals surface area contributed by atoms with Crippen molar-refractivity contribution >= 4 is 17.1 Å². The van der Waals surface area contributed by atoms with Crippen LogP contribution in [0.4, 0.5) is 0 Å². The second-order valence-electron chi connectivity index (χ2n) is 3.20. The third-order valence-corrected chi connectivity index (χ3v) is 3.06. The summed E-state index contributed by atoms with van der Waals surface area (Å²) in [6.45, 7) is 0.960. The highest BCUT2D eigenvalue weighted by Crippen LogP contribution is 2.14. The van der Waals surface area contributed by atoms with Crippen LogP contribution >= 0.6 is 11.3 Å². The van der Waals surface area contributed by atoms with Crippen molar-refractivity contribution in [2.24, 2.45) is 0 Å². The summed E-state index contributed by atoms with van der Waals surface area (Å²) in [5, 5.41) is 5.71. The van der Waals surface area contributed by atoms with Crippen LogP contribution in [0.3, 0.4) is 0 Å². The fourth-order valence-corrected chi connectivity index (χ4v) is 2.20. The molecule has 0 aliphatic carbocycles. The number of rotatable bonds is 2. The Morgan fingerprint density at radius 1 is 1.62 bits per heavy atom. The topological polar surface area (TPSA) is 42.0 Å². The number of hydrogen-bond donors (Lipinski definition) is 1. The lowest BCUT2D eigenvalue weighted by atomic mass is 10.0. The van der Waals surface area contributed by atoms with E-state index in [4.69, 9.17) is 0 Å². The van der Waals surface area contributed by atoms with Crippen LogP contribution in [0.1, 0.15) is 29.1 Å². The molecule has 1 saturated heterocycles. The predicted molar refractivity (Wildman–Crippen MR) is 52.1 cm³/mol. The first-order valence-electron chi connectivity index (χ1n) is 4.55. The number of ketones is 1.